The first-order chi connectivity index (χ1) is 22.2. The van der Waals surface area contributed by atoms with Gasteiger partial charge in [0.15, 0.2) is 0 Å². The highest BCUT2D eigenvalue weighted by Gasteiger charge is 2.65. The van der Waals surface area contributed by atoms with E-state index in [2.05, 4.69) is 20.8 Å². The second-order valence-corrected chi connectivity index (χ2v) is 13.3. The Morgan fingerprint density at radius 2 is 1.34 bits per heavy atom. The van der Waals surface area contributed by atoms with Crippen molar-refractivity contribution in [3.05, 3.63) is 83.9 Å². The van der Waals surface area contributed by atoms with E-state index in [9.17, 15) is 19.2 Å². The van der Waals surface area contributed by atoms with Gasteiger partial charge in [0.2, 0.25) is 0 Å². The molecule has 0 heterocycles. The van der Waals surface area contributed by atoms with E-state index >= 15 is 0 Å². The van der Waals surface area contributed by atoms with Crippen LogP contribution in [0.1, 0.15) is 71.9 Å². The van der Waals surface area contributed by atoms with Crippen LogP contribution >= 0.6 is 0 Å². The van der Waals surface area contributed by atoms with E-state index < -0.39 is 41.8 Å². The van der Waals surface area contributed by atoms with Gasteiger partial charge >= 0.3 is 23.9 Å². The number of hydrogen-bond donors (Lipinski definition) is 1. The van der Waals surface area contributed by atoms with Crippen LogP contribution in [0.2, 0.25) is 0 Å². The van der Waals surface area contributed by atoms with E-state index in [0.29, 0.717) is 12.8 Å². The van der Waals surface area contributed by atoms with Crippen molar-refractivity contribution in [3.63, 3.8) is 0 Å². The number of rotatable bonds is 8. The van der Waals surface area contributed by atoms with Crippen molar-refractivity contribution in [2.75, 3.05) is 7.11 Å². The molecule has 0 amide bonds. The molecule has 0 bridgehead atoms. The lowest BCUT2D eigenvalue weighted by Gasteiger charge is -2.60. The van der Waals surface area contributed by atoms with Crippen molar-refractivity contribution in [2.45, 2.75) is 84.7 Å². The molecule has 2 aliphatic carbocycles. The molecule has 0 radical (unpaired) electrons. The van der Waals surface area contributed by atoms with Crippen molar-refractivity contribution in [1.29, 1.82) is 0 Å². The fourth-order valence-corrected chi connectivity index (χ4v) is 7.08. The van der Waals surface area contributed by atoms with Crippen LogP contribution in [0.3, 0.4) is 0 Å². The summed E-state index contributed by atoms with van der Waals surface area (Å²) in [6.45, 7) is 11.2. The van der Waals surface area contributed by atoms with Crippen LogP contribution in [-0.2, 0) is 38.1 Å². The van der Waals surface area contributed by atoms with Gasteiger partial charge < -0.3 is 24.1 Å². The molecule has 0 aliphatic heterocycles. The molecule has 9 nitrogen and oxygen atoms in total. The van der Waals surface area contributed by atoms with Crippen molar-refractivity contribution in [3.8, 4) is 0 Å². The average Bonchev–Trinajstić information content (AvgIpc) is 3.01. The first-order valence-electron chi connectivity index (χ1n) is 16.0. The summed E-state index contributed by atoms with van der Waals surface area (Å²) >= 11 is 0. The summed E-state index contributed by atoms with van der Waals surface area (Å²) in [5.41, 5.74) is 0.755. The zero-order valence-electron chi connectivity index (χ0n) is 28.4. The molecule has 7 atom stereocenters. The highest BCUT2D eigenvalue weighted by atomic mass is 16.6. The predicted octanol–water partition coefficient (Wildman–Crippen LogP) is 6.76. The molecule has 2 aromatic carbocycles. The van der Waals surface area contributed by atoms with Gasteiger partial charge in [-0.25, -0.2) is 9.59 Å². The summed E-state index contributed by atoms with van der Waals surface area (Å²) in [5, 5.41) is 8.29. The van der Waals surface area contributed by atoms with E-state index in [1.807, 2.05) is 67.6 Å². The lowest BCUT2D eigenvalue weighted by molar-refractivity contribution is -0.276. The lowest BCUT2D eigenvalue weighted by Crippen LogP contribution is -2.70. The molecule has 1 N–H and O–H groups in total. The number of carboxylic acids is 1. The maximum atomic E-state index is 12.8. The van der Waals surface area contributed by atoms with Crippen molar-refractivity contribution >= 4 is 36.0 Å². The minimum atomic E-state index is -0.922. The van der Waals surface area contributed by atoms with Crippen LogP contribution in [-0.4, -0.2) is 60.0 Å². The van der Waals surface area contributed by atoms with E-state index in [4.69, 9.17) is 24.1 Å². The number of esters is 3. The molecule has 4 rings (SSSR count). The lowest BCUT2D eigenvalue weighted by atomic mass is 9.53. The highest BCUT2D eigenvalue weighted by Crippen LogP contribution is 2.56. The van der Waals surface area contributed by atoms with Crippen LogP contribution in [0.5, 0.6) is 0 Å². The van der Waals surface area contributed by atoms with Gasteiger partial charge in [0.05, 0.1) is 0 Å². The fraction of sp³-hybridized carbons (Fsp3) is 0.474. The number of fused-ring (bicyclic) bond motifs is 1. The largest absolute Gasteiger partial charge is 0.478 e. The van der Waals surface area contributed by atoms with Crippen molar-refractivity contribution < 1.29 is 43.2 Å². The molecule has 2 fully saturated rings. The molecule has 2 aliphatic rings. The smallest absolute Gasteiger partial charge is 0.331 e. The quantitative estimate of drug-likeness (QED) is 0.188. The summed E-state index contributed by atoms with van der Waals surface area (Å²) in [6, 6.07) is 18.8. The Balaban J connectivity index is 0.000000461. The van der Waals surface area contributed by atoms with Gasteiger partial charge in [0.25, 0.3) is 0 Å². The van der Waals surface area contributed by atoms with Crippen molar-refractivity contribution in [2.24, 2.45) is 23.2 Å². The third-order valence-corrected chi connectivity index (χ3v) is 9.06. The Labute approximate surface area is 277 Å². The van der Waals surface area contributed by atoms with Crippen LogP contribution in [0.25, 0.3) is 12.2 Å². The van der Waals surface area contributed by atoms with Crippen LogP contribution in [0.15, 0.2) is 72.8 Å². The van der Waals surface area contributed by atoms with Gasteiger partial charge in [-0.1, -0.05) is 88.4 Å². The molecule has 9 heteroatoms. The zero-order chi connectivity index (χ0) is 34.8. The third kappa shape index (κ3) is 9.88. The van der Waals surface area contributed by atoms with Gasteiger partial charge in [-0.15, -0.1) is 0 Å². The first-order valence-corrected chi connectivity index (χ1v) is 16.0. The third-order valence-electron chi connectivity index (χ3n) is 9.06. The minimum Gasteiger partial charge on any atom is -0.478 e. The molecule has 7 unspecified atom stereocenters. The summed E-state index contributed by atoms with van der Waals surface area (Å²) in [6.07, 6.45) is 5.73. The minimum absolute atomic E-state index is 0.0472. The second-order valence-electron chi connectivity index (χ2n) is 13.3. The Bertz CT molecular complexity index is 1410. The fourth-order valence-electron chi connectivity index (χ4n) is 7.08. The van der Waals surface area contributed by atoms with Gasteiger partial charge in [-0.3, -0.25) is 9.59 Å². The second kappa shape index (κ2) is 16.5. The van der Waals surface area contributed by atoms with Gasteiger partial charge in [0, 0.05) is 44.9 Å². The Morgan fingerprint density at radius 3 is 1.81 bits per heavy atom. The normalized spacial score (nSPS) is 27.2. The molecule has 2 saturated carbocycles. The Kier molecular flexibility index (Phi) is 13.1. The number of carbonyl (C=O) groups excluding carboxylic acids is 3. The van der Waals surface area contributed by atoms with E-state index in [1.54, 1.807) is 19.3 Å². The van der Waals surface area contributed by atoms with E-state index in [0.717, 1.165) is 23.6 Å². The first kappa shape index (κ1) is 37.2. The van der Waals surface area contributed by atoms with E-state index in [1.165, 1.54) is 19.9 Å². The average molecular weight is 649 g/mol. The summed E-state index contributed by atoms with van der Waals surface area (Å²) < 4.78 is 24.0. The van der Waals surface area contributed by atoms with Crippen LogP contribution in [0, 0.1) is 23.2 Å². The molecule has 47 heavy (non-hydrogen) atoms. The molecule has 2 aromatic rings. The molecular weight excluding hydrogens is 600 g/mol. The SMILES string of the molecule is COC12C(C)CC(OC(=O)/C=C/c3ccccc3)C(OC(C)=O)C1CCC(C(C)(C)C)C2OC(C)=O.O=C(O)/C=C/c1ccccc1. The number of hydrogen-bond acceptors (Lipinski definition) is 8. The topological polar surface area (TPSA) is 125 Å². The monoisotopic (exact) mass is 648 g/mol. The number of benzene rings is 2. The number of ether oxygens (including phenoxy) is 4. The number of carbonyl (C=O) groups is 4. The standard InChI is InChI=1S/C29H40O7.C9H8O2/c1-18-17-24(36-25(32)16-13-21-11-9-8-10-12-21)26(34-19(2)30)22-14-15-23(28(4,5)6)27(35-20(3)31)29(18,22)33-7;10-9(11)7-6-8-4-2-1-3-5-8/h8-13,16,18,22-24,26-27H,14-15,17H2,1-7H3;1-7H,(H,10,11)/b16-13+;7-6+. The maximum Gasteiger partial charge on any atom is 0.331 e. The zero-order valence-corrected chi connectivity index (χ0v) is 28.4. The summed E-state index contributed by atoms with van der Waals surface area (Å²) in [7, 11) is 1.63. The van der Waals surface area contributed by atoms with Crippen LogP contribution < -0.4 is 0 Å². The number of aliphatic carboxylic acids is 1. The number of methoxy groups -OCH3 is 1. The Morgan fingerprint density at radius 1 is 0.809 bits per heavy atom. The van der Waals surface area contributed by atoms with Gasteiger partial charge in [-0.05, 0) is 53.9 Å². The molecule has 0 saturated heterocycles. The predicted molar refractivity (Wildman–Crippen MR) is 179 cm³/mol. The van der Waals surface area contributed by atoms with Gasteiger partial charge in [0.1, 0.15) is 23.9 Å². The van der Waals surface area contributed by atoms with Crippen molar-refractivity contribution in [1.82, 2.24) is 0 Å². The van der Waals surface area contributed by atoms with Gasteiger partial charge in [-0.2, -0.15) is 0 Å². The number of carboxylic acid groups (broad SMARTS) is 1. The maximum absolute atomic E-state index is 12.8. The molecular formula is C38H48O9. The summed E-state index contributed by atoms with van der Waals surface area (Å²) in [5.74, 6) is -2.65. The van der Waals surface area contributed by atoms with E-state index in [-0.39, 0.29) is 29.1 Å². The Hall–Kier alpha value is -4.24. The summed E-state index contributed by atoms with van der Waals surface area (Å²) in [4.78, 5) is 47.3. The molecule has 0 aromatic heterocycles. The van der Waals surface area contributed by atoms with Crippen LogP contribution in [0.4, 0.5) is 0 Å². The molecule has 0 spiro atoms. The highest BCUT2D eigenvalue weighted by molar-refractivity contribution is 5.87. The molecule has 254 valence electrons.